The van der Waals surface area contributed by atoms with Crippen molar-refractivity contribution in [2.24, 2.45) is 0 Å². The summed E-state index contributed by atoms with van der Waals surface area (Å²) in [6.45, 7) is 26.6. The van der Waals surface area contributed by atoms with Gasteiger partial charge in [0.15, 0.2) is 0 Å². The minimum absolute atomic E-state index is 0.150. The second kappa shape index (κ2) is 17.0. The van der Waals surface area contributed by atoms with Crippen LogP contribution in [0, 0.1) is 20.8 Å². The molecule has 0 saturated heterocycles. The van der Waals surface area contributed by atoms with Crippen LogP contribution in [-0.4, -0.2) is 19.6 Å². The Labute approximate surface area is 398 Å². The van der Waals surface area contributed by atoms with Crippen molar-refractivity contribution < 1.29 is 5.11 Å². The fraction of sp³-hybridized carbons (Fsp3) is 0.238. The number of imidazole rings is 1. The standard InChI is InChI=1S/C63H63N3O/c1-39-30-40(2)57(41(3)31-39)45-26-27-55(51(35-45)43-22-17-14-18-23-43)66-56-25-19-24-50(58(56)65-60(66)52-37-49(62(7,8)9)38-53(59(52)67)63(10,11)12)46-32-47(34-48(33-46)61(4,5)6)54-36-44(28-29-64-54)42-20-15-13-16-21-42/h13-38,67H,1-12H3. The third-order valence-corrected chi connectivity index (χ3v) is 13.3. The average molecular weight is 878 g/mol. The van der Waals surface area contributed by atoms with Crippen molar-refractivity contribution in [3.8, 4) is 78.6 Å². The van der Waals surface area contributed by atoms with Crippen molar-refractivity contribution in [3.05, 3.63) is 191 Å². The van der Waals surface area contributed by atoms with E-state index in [9.17, 15) is 5.11 Å². The number of para-hydroxylation sites is 1. The van der Waals surface area contributed by atoms with Gasteiger partial charge in [-0.1, -0.05) is 171 Å². The molecular weight excluding hydrogens is 815 g/mol. The average Bonchev–Trinajstić information content (AvgIpc) is 3.67. The number of aromatic nitrogens is 3. The quantitative estimate of drug-likeness (QED) is 0.174. The molecule has 0 aliphatic rings. The maximum Gasteiger partial charge on any atom is 0.149 e. The third kappa shape index (κ3) is 8.74. The second-order valence-corrected chi connectivity index (χ2v) is 21.6. The largest absolute Gasteiger partial charge is 0.507 e. The number of hydrogen-bond donors (Lipinski definition) is 1. The van der Waals surface area contributed by atoms with Gasteiger partial charge in [-0.15, -0.1) is 0 Å². The highest BCUT2D eigenvalue weighted by molar-refractivity contribution is 5.98. The number of phenols is 1. The molecule has 0 fully saturated rings. The molecule has 0 unspecified atom stereocenters. The molecule has 2 aromatic heterocycles. The number of pyridine rings is 1. The van der Waals surface area contributed by atoms with Crippen LogP contribution >= 0.6 is 0 Å². The normalized spacial score (nSPS) is 12.2. The SMILES string of the molecule is Cc1cc(C)c(-c2ccc(-n3c(-c4cc(C(C)(C)C)cc(C(C)(C)C)c4O)nc4c(-c5cc(-c6cc(-c7ccccc7)ccn6)cc(C(C)(C)C)c5)cccc43)c(-c3ccccc3)c2)c(C)c1. The van der Waals surface area contributed by atoms with Gasteiger partial charge < -0.3 is 5.11 Å². The molecule has 0 aliphatic heterocycles. The van der Waals surface area contributed by atoms with Crippen LogP contribution in [0.3, 0.4) is 0 Å². The van der Waals surface area contributed by atoms with E-state index in [4.69, 9.17) is 9.97 Å². The summed E-state index contributed by atoms with van der Waals surface area (Å²) in [5.41, 5.74) is 20.7. The zero-order chi connectivity index (χ0) is 47.6. The van der Waals surface area contributed by atoms with E-state index in [0.717, 1.165) is 78.0 Å². The van der Waals surface area contributed by atoms with E-state index in [1.165, 1.54) is 27.8 Å². The monoisotopic (exact) mass is 877 g/mol. The summed E-state index contributed by atoms with van der Waals surface area (Å²) in [7, 11) is 0. The van der Waals surface area contributed by atoms with Crippen LogP contribution < -0.4 is 0 Å². The van der Waals surface area contributed by atoms with Gasteiger partial charge in [-0.25, -0.2) is 4.98 Å². The summed E-state index contributed by atoms with van der Waals surface area (Å²) in [6.07, 6.45) is 1.91. The number of aromatic hydroxyl groups is 1. The molecule has 2 heterocycles. The van der Waals surface area contributed by atoms with Crippen LogP contribution in [0.4, 0.5) is 0 Å². The molecule has 9 aromatic rings. The molecule has 0 saturated carbocycles. The number of fused-ring (bicyclic) bond motifs is 1. The number of hydrogen-bond acceptors (Lipinski definition) is 3. The highest BCUT2D eigenvalue weighted by atomic mass is 16.3. The molecule has 0 amide bonds. The fourth-order valence-electron chi connectivity index (χ4n) is 9.70. The van der Waals surface area contributed by atoms with E-state index in [1.807, 2.05) is 6.20 Å². The Kier molecular flexibility index (Phi) is 11.4. The molecule has 4 heteroatoms. The summed E-state index contributed by atoms with van der Waals surface area (Å²) in [5.74, 6) is 0.942. The van der Waals surface area contributed by atoms with E-state index in [0.29, 0.717) is 11.4 Å². The summed E-state index contributed by atoms with van der Waals surface area (Å²) in [5, 5.41) is 12.6. The van der Waals surface area contributed by atoms with Crippen LogP contribution in [-0.2, 0) is 16.2 Å². The lowest BCUT2D eigenvalue weighted by molar-refractivity contribution is 0.446. The molecule has 0 atom stereocenters. The van der Waals surface area contributed by atoms with Gasteiger partial charge in [-0.3, -0.25) is 9.55 Å². The molecule has 336 valence electrons. The molecule has 9 rings (SSSR count). The van der Waals surface area contributed by atoms with Crippen molar-refractivity contribution in [2.45, 2.75) is 99.3 Å². The summed E-state index contributed by atoms with van der Waals surface area (Å²) in [6, 6.07) is 54.6. The van der Waals surface area contributed by atoms with Crippen molar-refractivity contribution in [1.82, 2.24) is 14.5 Å². The highest BCUT2D eigenvalue weighted by Crippen LogP contribution is 2.46. The van der Waals surface area contributed by atoms with Crippen molar-refractivity contribution in [3.63, 3.8) is 0 Å². The Balaban J connectivity index is 1.37. The topological polar surface area (TPSA) is 50.9 Å². The van der Waals surface area contributed by atoms with Gasteiger partial charge in [0.05, 0.1) is 28.0 Å². The molecular formula is C63H63N3O. The number of nitrogens with zero attached hydrogens (tertiary/aromatic N) is 3. The molecule has 4 nitrogen and oxygen atoms in total. The third-order valence-electron chi connectivity index (χ3n) is 13.3. The second-order valence-electron chi connectivity index (χ2n) is 21.6. The van der Waals surface area contributed by atoms with Crippen LogP contribution in [0.1, 0.15) is 95.7 Å². The molecule has 1 N–H and O–H groups in total. The van der Waals surface area contributed by atoms with E-state index in [1.54, 1.807) is 0 Å². The maximum atomic E-state index is 12.6. The lowest BCUT2D eigenvalue weighted by Gasteiger charge is -2.27. The molecule has 0 bridgehead atoms. The van der Waals surface area contributed by atoms with Gasteiger partial charge in [-0.05, 0) is 141 Å². The first-order chi connectivity index (χ1) is 31.8. The summed E-state index contributed by atoms with van der Waals surface area (Å²) in [4.78, 5) is 10.7. The predicted octanol–water partition coefficient (Wildman–Crippen LogP) is 16.9. The zero-order valence-corrected chi connectivity index (χ0v) is 41.3. The van der Waals surface area contributed by atoms with Gasteiger partial charge in [0.2, 0.25) is 0 Å². The van der Waals surface area contributed by atoms with Gasteiger partial charge in [0.1, 0.15) is 11.6 Å². The minimum atomic E-state index is -0.335. The lowest BCUT2D eigenvalue weighted by Crippen LogP contribution is -2.17. The van der Waals surface area contributed by atoms with E-state index < -0.39 is 0 Å². The molecule has 0 radical (unpaired) electrons. The van der Waals surface area contributed by atoms with Crippen molar-refractivity contribution in [2.75, 3.05) is 0 Å². The van der Waals surface area contributed by atoms with Crippen LogP contribution in [0.25, 0.3) is 83.9 Å². The van der Waals surface area contributed by atoms with E-state index >= 15 is 0 Å². The molecule has 0 spiro atoms. The predicted molar refractivity (Wildman–Crippen MR) is 283 cm³/mol. The summed E-state index contributed by atoms with van der Waals surface area (Å²) < 4.78 is 2.30. The Morgan fingerprint density at radius 3 is 1.73 bits per heavy atom. The van der Waals surface area contributed by atoms with Gasteiger partial charge in [0.25, 0.3) is 0 Å². The lowest BCUT2D eigenvalue weighted by atomic mass is 9.79. The van der Waals surface area contributed by atoms with Gasteiger partial charge in [0, 0.05) is 28.5 Å². The highest BCUT2D eigenvalue weighted by Gasteiger charge is 2.30. The van der Waals surface area contributed by atoms with Gasteiger partial charge >= 0.3 is 0 Å². The first-order valence-corrected chi connectivity index (χ1v) is 23.6. The zero-order valence-electron chi connectivity index (χ0n) is 41.3. The smallest absolute Gasteiger partial charge is 0.149 e. The van der Waals surface area contributed by atoms with Crippen molar-refractivity contribution in [1.29, 1.82) is 0 Å². The Hall–Kier alpha value is -7.04. The molecule has 67 heavy (non-hydrogen) atoms. The number of phenolic OH excluding ortho intramolecular Hbond substituents is 1. The summed E-state index contributed by atoms with van der Waals surface area (Å²) >= 11 is 0. The van der Waals surface area contributed by atoms with Crippen molar-refractivity contribution >= 4 is 11.0 Å². The Morgan fingerprint density at radius 2 is 1.09 bits per heavy atom. The van der Waals surface area contributed by atoms with Gasteiger partial charge in [-0.2, -0.15) is 0 Å². The van der Waals surface area contributed by atoms with E-state index in [2.05, 4.69) is 239 Å². The number of benzene rings is 7. The van der Waals surface area contributed by atoms with Crippen LogP contribution in [0.5, 0.6) is 5.75 Å². The van der Waals surface area contributed by atoms with Crippen LogP contribution in [0.15, 0.2) is 158 Å². The maximum absolute atomic E-state index is 12.6. The minimum Gasteiger partial charge on any atom is -0.507 e. The Bertz CT molecular complexity index is 3290. The number of rotatable bonds is 7. The number of aryl methyl sites for hydroxylation is 3. The first-order valence-electron chi connectivity index (χ1n) is 23.6. The molecule has 7 aromatic carbocycles. The Morgan fingerprint density at radius 1 is 0.463 bits per heavy atom. The van der Waals surface area contributed by atoms with E-state index in [-0.39, 0.29) is 22.0 Å². The first kappa shape index (κ1) is 45.1. The van der Waals surface area contributed by atoms with Crippen LogP contribution in [0.2, 0.25) is 0 Å². The molecule has 0 aliphatic carbocycles. The fourth-order valence-corrected chi connectivity index (χ4v) is 9.70.